The number of nitrogens with one attached hydrogen (secondary N) is 1. The maximum Gasteiger partial charge on any atom is 0.460 e. The zero-order valence-corrected chi connectivity index (χ0v) is 20.2. The van der Waals surface area contributed by atoms with Crippen molar-refractivity contribution in [3.05, 3.63) is 60.2 Å². The average Bonchev–Trinajstić information content (AvgIpc) is 2.87. The highest BCUT2D eigenvalue weighted by atomic mass is 32.2. The lowest BCUT2D eigenvalue weighted by Crippen LogP contribution is -2.71. The quantitative estimate of drug-likeness (QED) is 0.134. The number of rotatable bonds is 10. The SMILES string of the molecule is O=C(CSc1ccccc1)Nc1ccc(C(=O)OC(=O)C(F)(F)C(F)(F)C(F)(F)C(F)(F)C(F)(F)C(F)(F)F)cc1. The highest BCUT2D eigenvalue weighted by molar-refractivity contribution is 8.00. The van der Waals surface area contributed by atoms with Crippen molar-refractivity contribution in [3.8, 4) is 0 Å². The topological polar surface area (TPSA) is 72.5 Å². The van der Waals surface area contributed by atoms with Gasteiger partial charge in [0, 0.05) is 10.6 Å². The molecule has 5 nitrogen and oxygen atoms in total. The van der Waals surface area contributed by atoms with E-state index in [1.165, 1.54) is 0 Å². The Morgan fingerprint density at radius 3 is 1.63 bits per heavy atom. The van der Waals surface area contributed by atoms with Crippen LogP contribution < -0.4 is 5.32 Å². The van der Waals surface area contributed by atoms with Crippen LogP contribution >= 0.6 is 11.8 Å². The molecule has 0 bridgehead atoms. The highest BCUT2D eigenvalue weighted by Crippen LogP contribution is 2.60. The van der Waals surface area contributed by atoms with E-state index >= 15 is 0 Å². The molecule has 226 valence electrons. The van der Waals surface area contributed by atoms with E-state index in [-0.39, 0.29) is 11.4 Å². The van der Waals surface area contributed by atoms with Crippen LogP contribution in [-0.4, -0.2) is 59.4 Å². The third-order valence-corrected chi connectivity index (χ3v) is 5.90. The smallest absolute Gasteiger partial charge is 0.385 e. The molecular formula is C22H12F13NO4S. The van der Waals surface area contributed by atoms with Gasteiger partial charge in [0.25, 0.3) is 0 Å². The molecule has 0 heterocycles. The van der Waals surface area contributed by atoms with Crippen LogP contribution in [0.3, 0.4) is 0 Å². The molecule has 0 spiro atoms. The fourth-order valence-electron chi connectivity index (χ4n) is 2.66. The van der Waals surface area contributed by atoms with Gasteiger partial charge >= 0.3 is 47.7 Å². The predicted molar refractivity (Wildman–Crippen MR) is 113 cm³/mol. The summed E-state index contributed by atoms with van der Waals surface area (Å²) in [6, 6.07) is 11.6. The van der Waals surface area contributed by atoms with Crippen molar-refractivity contribution >= 4 is 35.3 Å². The van der Waals surface area contributed by atoms with Crippen molar-refractivity contribution in [2.75, 3.05) is 11.1 Å². The molecule has 2 aromatic carbocycles. The fourth-order valence-corrected chi connectivity index (χ4v) is 3.38. The molecule has 0 saturated heterocycles. The van der Waals surface area contributed by atoms with E-state index in [0.717, 1.165) is 28.8 Å². The standard InChI is InChI=1S/C22H12F13NO4S/c23-17(24,18(25,26)19(27,28)20(29,30)21(31,32)22(33,34)35)16(39)40-15(38)11-6-8-12(9-7-11)36-14(37)10-41-13-4-2-1-3-5-13/h1-9H,10H2,(H,36,37). The van der Waals surface area contributed by atoms with Crippen molar-refractivity contribution in [2.24, 2.45) is 0 Å². The number of thioether (sulfide) groups is 1. The van der Waals surface area contributed by atoms with Gasteiger partial charge in [-0.05, 0) is 36.4 Å². The summed E-state index contributed by atoms with van der Waals surface area (Å²) in [6.07, 6.45) is -7.62. The Morgan fingerprint density at radius 2 is 1.15 bits per heavy atom. The number of benzene rings is 2. The normalized spacial score (nSPS) is 13.5. The summed E-state index contributed by atoms with van der Waals surface area (Å²) in [6.45, 7) is 0. The number of halogens is 13. The number of hydrogen-bond donors (Lipinski definition) is 1. The third-order valence-electron chi connectivity index (χ3n) is 4.89. The lowest BCUT2D eigenvalue weighted by molar-refractivity contribution is -0.436. The summed E-state index contributed by atoms with van der Waals surface area (Å²) in [5.41, 5.74) is -0.981. The molecule has 19 heteroatoms. The minimum absolute atomic E-state index is 0.0455. The second-order valence-corrected chi connectivity index (χ2v) is 8.82. The number of amides is 1. The summed E-state index contributed by atoms with van der Waals surface area (Å²) in [7, 11) is 0. The first-order chi connectivity index (χ1) is 18.5. The van der Waals surface area contributed by atoms with Crippen LogP contribution in [0.4, 0.5) is 62.8 Å². The van der Waals surface area contributed by atoms with Crippen molar-refractivity contribution in [2.45, 2.75) is 40.7 Å². The average molecular weight is 633 g/mol. The number of alkyl halides is 13. The molecule has 41 heavy (non-hydrogen) atoms. The van der Waals surface area contributed by atoms with Crippen LogP contribution in [0, 0.1) is 0 Å². The van der Waals surface area contributed by atoms with Crippen LogP contribution in [0.2, 0.25) is 0 Å². The van der Waals surface area contributed by atoms with Crippen LogP contribution in [-0.2, 0) is 14.3 Å². The van der Waals surface area contributed by atoms with E-state index in [2.05, 4.69) is 10.1 Å². The van der Waals surface area contributed by atoms with E-state index in [1.54, 1.807) is 30.3 Å². The van der Waals surface area contributed by atoms with E-state index in [0.29, 0.717) is 12.1 Å². The summed E-state index contributed by atoms with van der Waals surface area (Å²) in [4.78, 5) is 35.9. The zero-order chi connectivity index (χ0) is 31.7. The molecular weight excluding hydrogens is 621 g/mol. The minimum Gasteiger partial charge on any atom is -0.385 e. The van der Waals surface area contributed by atoms with Gasteiger partial charge < -0.3 is 10.1 Å². The fraction of sp³-hybridized carbons (Fsp3) is 0.318. The molecule has 0 aromatic heterocycles. The van der Waals surface area contributed by atoms with E-state index in [9.17, 15) is 71.5 Å². The molecule has 0 aliphatic rings. The van der Waals surface area contributed by atoms with E-state index in [4.69, 9.17) is 0 Å². The largest absolute Gasteiger partial charge is 0.460 e. The second-order valence-electron chi connectivity index (χ2n) is 7.77. The van der Waals surface area contributed by atoms with Crippen LogP contribution in [0.1, 0.15) is 10.4 Å². The Hall–Kier alpha value is -3.51. The van der Waals surface area contributed by atoms with Gasteiger partial charge in [-0.25, -0.2) is 9.59 Å². The van der Waals surface area contributed by atoms with Gasteiger partial charge in [-0.2, -0.15) is 57.1 Å². The molecule has 0 fully saturated rings. The van der Waals surface area contributed by atoms with Crippen LogP contribution in [0.25, 0.3) is 0 Å². The third kappa shape index (κ3) is 6.38. The Bertz CT molecular complexity index is 1270. The molecule has 0 aliphatic carbocycles. The van der Waals surface area contributed by atoms with Gasteiger partial charge in [-0.1, -0.05) is 18.2 Å². The molecule has 2 aromatic rings. The van der Waals surface area contributed by atoms with Crippen molar-refractivity contribution in [3.63, 3.8) is 0 Å². The molecule has 0 aliphatic heterocycles. The van der Waals surface area contributed by atoms with Gasteiger partial charge in [-0.15, -0.1) is 11.8 Å². The molecule has 0 saturated carbocycles. The molecule has 0 unspecified atom stereocenters. The maximum absolute atomic E-state index is 13.8. The van der Waals surface area contributed by atoms with Crippen molar-refractivity contribution in [1.82, 2.24) is 0 Å². The second kappa shape index (κ2) is 11.4. The number of hydrogen-bond acceptors (Lipinski definition) is 5. The summed E-state index contributed by atoms with van der Waals surface area (Å²) in [5, 5.41) is 2.32. The zero-order valence-electron chi connectivity index (χ0n) is 19.4. The first kappa shape index (κ1) is 33.7. The van der Waals surface area contributed by atoms with Gasteiger partial charge in [0.1, 0.15) is 0 Å². The summed E-state index contributed by atoms with van der Waals surface area (Å²) in [5.74, 6) is -46.5. The van der Waals surface area contributed by atoms with Gasteiger partial charge in [0.2, 0.25) is 5.91 Å². The lowest BCUT2D eigenvalue weighted by atomic mass is 9.94. The highest BCUT2D eigenvalue weighted by Gasteiger charge is 2.92. The Morgan fingerprint density at radius 1 is 0.659 bits per heavy atom. The number of carbonyl (C=O) groups excluding carboxylic acids is 3. The number of ether oxygens (including phenoxy) is 1. The summed E-state index contributed by atoms with van der Waals surface area (Å²) >= 11 is 1.12. The molecule has 1 N–H and O–H groups in total. The first-order valence-electron chi connectivity index (χ1n) is 10.3. The maximum atomic E-state index is 13.8. The molecule has 0 radical (unpaired) electrons. The number of esters is 2. The van der Waals surface area contributed by atoms with Gasteiger partial charge in [0.05, 0.1) is 11.3 Å². The van der Waals surface area contributed by atoms with Crippen molar-refractivity contribution in [1.29, 1.82) is 0 Å². The molecule has 2 rings (SSSR count). The van der Waals surface area contributed by atoms with Crippen LogP contribution in [0.5, 0.6) is 0 Å². The lowest BCUT2D eigenvalue weighted by Gasteiger charge is -2.38. The first-order valence-corrected chi connectivity index (χ1v) is 11.3. The monoisotopic (exact) mass is 633 g/mol. The number of carbonyl (C=O) groups is 3. The molecule has 1 amide bonds. The Balaban J connectivity index is 2.14. The predicted octanol–water partition coefficient (Wildman–Crippen LogP) is 6.84. The number of anilines is 1. The van der Waals surface area contributed by atoms with E-state index < -0.39 is 59.2 Å². The molecule has 0 atom stereocenters. The Kier molecular flexibility index (Phi) is 9.37. The minimum atomic E-state index is -8.22. The Labute approximate surface area is 224 Å². The summed E-state index contributed by atoms with van der Waals surface area (Å²) < 4.78 is 174. The van der Waals surface area contributed by atoms with Gasteiger partial charge in [-0.3, -0.25) is 4.79 Å². The van der Waals surface area contributed by atoms with E-state index in [1.807, 2.05) is 0 Å². The van der Waals surface area contributed by atoms with Gasteiger partial charge in [0.15, 0.2) is 0 Å². The van der Waals surface area contributed by atoms with Crippen molar-refractivity contribution < 1.29 is 76.2 Å². The van der Waals surface area contributed by atoms with Crippen LogP contribution in [0.15, 0.2) is 59.5 Å².